The van der Waals surface area contributed by atoms with E-state index in [-0.39, 0.29) is 0 Å². The van der Waals surface area contributed by atoms with Crippen LogP contribution in [0.1, 0.15) is 44.1 Å². The lowest BCUT2D eigenvalue weighted by Gasteiger charge is -2.17. The van der Waals surface area contributed by atoms with Gasteiger partial charge < -0.3 is 5.32 Å². The normalized spacial score (nSPS) is 16.8. The molecule has 0 unspecified atom stereocenters. The van der Waals surface area contributed by atoms with E-state index in [1.165, 1.54) is 50.6 Å². The lowest BCUT2D eigenvalue weighted by atomic mass is 10.0. The molecule has 2 heteroatoms. The van der Waals surface area contributed by atoms with Gasteiger partial charge in [0.05, 0.1) is 8.07 Å². The zero-order chi connectivity index (χ0) is 14.4. The van der Waals surface area contributed by atoms with Crippen molar-refractivity contribution >= 4 is 13.3 Å². The average molecular weight is 290 g/mol. The van der Waals surface area contributed by atoms with Gasteiger partial charge in [0.2, 0.25) is 0 Å². The monoisotopic (exact) mass is 289 g/mol. The first-order chi connectivity index (χ1) is 9.55. The molecule has 1 aromatic rings. The van der Waals surface area contributed by atoms with Gasteiger partial charge in [0.25, 0.3) is 0 Å². The van der Waals surface area contributed by atoms with Crippen molar-refractivity contribution in [2.24, 2.45) is 5.92 Å². The van der Waals surface area contributed by atoms with E-state index in [4.69, 9.17) is 0 Å². The second-order valence-electron chi connectivity index (χ2n) is 7.42. The largest absolute Gasteiger partial charge is 0.313 e. The Bertz CT molecular complexity index is 385. The van der Waals surface area contributed by atoms with Crippen LogP contribution < -0.4 is 10.5 Å². The number of nitrogens with one attached hydrogen (secondary N) is 1. The summed E-state index contributed by atoms with van der Waals surface area (Å²) in [5, 5.41) is 5.15. The topological polar surface area (TPSA) is 12.0 Å². The molecule has 0 heterocycles. The third-order valence-electron chi connectivity index (χ3n) is 4.59. The van der Waals surface area contributed by atoms with E-state index in [0.29, 0.717) is 0 Å². The lowest BCUT2D eigenvalue weighted by Crippen LogP contribution is -2.37. The summed E-state index contributed by atoms with van der Waals surface area (Å²) in [5.41, 5.74) is 1.42. The number of benzene rings is 1. The third kappa shape index (κ3) is 5.06. The SMILES string of the molecule is C[Si](C)(C)c1ccc(CNCCCC2CCCC2)cc1. The Kier molecular flexibility index (Phi) is 5.85. The summed E-state index contributed by atoms with van der Waals surface area (Å²) in [7, 11) is -1.14. The van der Waals surface area contributed by atoms with Gasteiger partial charge >= 0.3 is 0 Å². The van der Waals surface area contributed by atoms with Gasteiger partial charge in [-0.1, -0.05) is 74.8 Å². The molecule has 1 N–H and O–H groups in total. The maximum atomic E-state index is 3.60. The van der Waals surface area contributed by atoms with Crippen LogP contribution in [0, 0.1) is 5.92 Å². The molecule has 0 amide bonds. The molecule has 0 saturated heterocycles. The number of hydrogen-bond donors (Lipinski definition) is 1. The maximum Gasteiger partial charge on any atom is 0.0775 e. The molecule has 1 fully saturated rings. The summed E-state index contributed by atoms with van der Waals surface area (Å²) in [6.07, 6.45) is 8.69. The predicted octanol–water partition coefficient (Wildman–Crippen LogP) is 4.29. The summed E-state index contributed by atoms with van der Waals surface area (Å²) in [5.74, 6) is 1.04. The van der Waals surface area contributed by atoms with Crippen molar-refractivity contribution in [3.63, 3.8) is 0 Å². The minimum absolute atomic E-state index is 1.02. The molecular formula is C18H31NSi. The Morgan fingerprint density at radius 1 is 1.05 bits per heavy atom. The Morgan fingerprint density at radius 3 is 2.30 bits per heavy atom. The van der Waals surface area contributed by atoms with Crippen molar-refractivity contribution in [2.75, 3.05) is 6.54 Å². The van der Waals surface area contributed by atoms with Crippen LogP contribution in [0.4, 0.5) is 0 Å². The first kappa shape index (κ1) is 15.8. The highest BCUT2D eigenvalue weighted by Crippen LogP contribution is 2.28. The van der Waals surface area contributed by atoms with Crippen LogP contribution in [0.3, 0.4) is 0 Å². The molecule has 0 radical (unpaired) electrons. The van der Waals surface area contributed by atoms with E-state index in [9.17, 15) is 0 Å². The Labute approximate surface area is 126 Å². The van der Waals surface area contributed by atoms with E-state index in [1.54, 1.807) is 5.19 Å². The molecule has 0 atom stereocenters. The maximum absolute atomic E-state index is 3.60. The van der Waals surface area contributed by atoms with E-state index in [2.05, 4.69) is 49.2 Å². The minimum atomic E-state index is -1.14. The van der Waals surface area contributed by atoms with Crippen LogP contribution in [0.15, 0.2) is 24.3 Å². The van der Waals surface area contributed by atoms with E-state index < -0.39 is 8.07 Å². The molecule has 1 nitrogen and oxygen atoms in total. The molecule has 2 rings (SSSR count). The fraction of sp³-hybridized carbons (Fsp3) is 0.667. The van der Waals surface area contributed by atoms with Crippen molar-refractivity contribution in [2.45, 2.75) is 64.7 Å². The van der Waals surface area contributed by atoms with E-state index >= 15 is 0 Å². The smallest absolute Gasteiger partial charge is 0.0775 e. The van der Waals surface area contributed by atoms with Crippen molar-refractivity contribution in [1.29, 1.82) is 0 Å². The molecule has 1 aliphatic rings. The lowest BCUT2D eigenvalue weighted by molar-refractivity contribution is 0.470. The molecule has 1 aliphatic carbocycles. The van der Waals surface area contributed by atoms with Crippen LogP contribution in [0.25, 0.3) is 0 Å². The average Bonchev–Trinajstić information content (AvgIpc) is 2.91. The van der Waals surface area contributed by atoms with Crippen LogP contribution >= 0.6 is 0 Å². The zero-order valence-corrected chi connectivity index (χ0v) is 14.5. The van der Waals surface area contributed by atoms with Gasteiger partial charge in [0, 0.05) is 6.54 Å². The molecule has 0 spiro atoms. The van der Waals surface area contributed by atoms with Gasteiger partial charge in [0.1, 0.15) is 0 Å². The first-order valence-electron chi connectivity index (χ1n) is 8.36. The fourth-order valence-corrected chi connectivity index (χ4v) is 4.34. The second-order valence-corrected chi connectivity index (χ2v) is 12.5. The summed E-state index contributed by atoms with van der Waals surface area (Å²) < 4.78 is 0. The van der Waals surface area contributed by atoms with Crippen molar-refractivity contribution < 1.29 is 0 Å². The van der Waals surface area contributed by atoms with E-state index in [0.717, 1.165) is 12.5 Å². The second kappa shape index (κ2) is 7.42. The van der Waals surface area contributed by atoms with Crippen molar-refractivity contribution in [3.05, 3.63) is 29.8 Å². The standard InChI is InChI=1S/C18H31NSi/c1-20(2,3)18-12-10-17(11-13-18)15-19-14-6-9-16-7-4-5-8-16/h10-13,16,19H,4-9,14-15H2,1-3H3. The van der Waals surface area contributed by atoms with Gasteiger partial charge in [0.15, 0.2) is 0 Å². The van der Waals surface area contributed by atoms with Gasteiger partial charge in [-0.15, -0.1) is 0 Å². The molecule has 0 aromatic heterocycles. The number of hydrogen-bond acceptors (Lipinski definition) is 1. The highest BCUT2D eigenvalue weighted by Gasteiger charge is 2.15. The summed E-state index contributed by atoms with van der Waals surface area (Å²) in [6, 6.07) is 9.28. The molecule has 20 heavy (non-hydrogen) atoms. The van der Waals surface area contributed by atoms with Gasteiger partial charge in [-0.3, -0.25) is 0 Å². The van der Waals surface area contributed by atoms with Gasteiger partial charge in [-0.25, -0.2) is 0 Å². The Balaban J connectivity index is 1.64. The predicted molar refractivity (Wildman–Crippen MR) is 92.3 cm³/mol. The van der Waals surface area contributed by atoms with Gasteiger partial charge in [-0.05, 0) is 30.9 Å². The van der Waals surface area contributed by atoms with Gasteiger partial charge in [-0.2, -0.15) is 0 Å². The zero-order valence-electron chi connectivity index (χ0n) is 13.5. The highest BCUT2D eigenvalue weighted by molar-refractivity contribution is 6.88. The molecule has 1 saturated carbocycles. The summed E-state index contributed by atoms with van der Waals surface area (Å²) in [6.45, 7) is 9.42. The third-order valence-corrected chi connectivity index (χ3v) is 6.66. The summed E-state index contributed by atoms with van der Waals surface area (Å²) in [4.78, 5) is 0. The van der Waals surface area contributed by atoms with Crippen molar-refractivity contribution in [1.82, 2.24) is 5.32 Å². The fourth-order valence-electron chi connectivity index (χ4n) is 3.17. The van der Waals surface area contributed by atoms with Crippen LogP contribution in [0.2, 0.25) is 19.6 Å². The number of rotatable bonds is 7. The summed E-state index contributed by atoms with van der Waals surface area (Å²) >= 11 is 0. The highest BCUT2D eigenvalue weighted by atomic mass is 28.3. The van der Waals surface area contributed by atoms with Crippen LogP contribution in [-0.4, -0.2) is 14.6 Å². The first-order valence-corrected chi connectivity index (χ1v) is 11.9. The Hall–Kier alpha value is -0.603. The van der Waals surface area contributed by atoms with E-state index in [1.807, 2.05) is 0 Å². The minimum Gasteiger partial charge on any atom is -0.313 e. The van der Waals surface area contributed by atoms with Crippen LogP contribution in [-0.2, 0) is 6.54 Å². The van der Waals surface area contributed by atoms with Crippen LogP contribution in [0.5, 0.6) is 0 Å². The molecule has 0 aliphatic heterocycles. The molecular weight excluding hydrogens is 258 g/mol. The molecule has 0 bridgehead atoms. The quantitative estimate of drug-likeness (QED) is 0.583. The van der Waals surface area contributed by atoms with Crippen molar-refractivity contribution in [3.8, 4) is 0 Å². The molecule has 112 valence electrons. The Morgan fingerprint density at radius 2 is 1.70 bits per heavy atom. The molecule has 1 aromatic carbocycles.